The maximum Gasteiger partial charge on any atom is 0.242 e. The molecule has 1 atom stereocenters. The van der Waals surface area contributed by atoms with E-state index < -0.39 is 6.04 Å². The molecule has 0 heterocycles. The van der Waals surface area contributed by atoms with Gasteiger partial charge in [-0.15, -0.1) is 0 Å². The summed E-state index contributed by atoms with van der Waals surface area (Å²) in [6.07, 6.45) is 3.64. The fourth-order valence-corrected chi connectivity index (χ4v) is 3.55. The van der Waals surface area contributed by atoms with E-state index in [1.807, 2.05) is 38.1 Å². The molecule has 0 fully saturated rings. The molecule has 162 valence electrons. The number of benzene rings is 2. The molecule has 2 amide bonds. The maximum atomic E-state index is 13.3. The monoisotopic (exact) mass is 408 g/mol. The van der Waals surface area contributed by atoms with Crippen LogP contribution < -0.4 is 5.32 Å². The lowest BCUT2D eigenvalue weighted by Gasteiger charge is -2.31. The lowest BCUT2D eigenvalue weighted by atomic mass is 10.0. The van der Waals surface area contributed by atoms with Crippen LogP contribution >= 0.6 is 0 Å². The molecular formula is C26H36N2O2. The second-order valence-corrected chi connectivity index (χ2v) is 8.00. The van der Waals surface area contributed by atoms with Crippen molar-refractivity contribution in [2.24, 2.45) is 0 Å². The van der Waals surface area contributed by atoms with Crippen LogP contribution in [-0.4, -0.2) is 29.3 Å². The number of rotatable bonds is 11. The van der Waals surface area contributed by atoms with Crippen molar-refractivity contribution in [1.82, 2.24) is 10.2 Å². The van der Waals surface area contributed by atoms with E-state index in [-0.39, 0.29) is 11.8 Å². The van der Waals surface area contributed by atoms with Crippen molar-refractivity contribution in [3.05, 3.63) is 70.8 Å². The molecule has 0 aromatic heterocycles. The summed E-state index contributed by atoms with van der Waals surface area (Å²) >= 11 is 0. The highest BCUT2D eigenvalue weighted by Crippen LogP contribution is 2.17. The molecule has 1 unspecified atom stereocenters. The van der Waals surface area contributed by atoms with E-state index in [9.17, 15) is 9.59 Å². The van der Waals surface area contributed by atoms with Gasteiger partial charge in [0.1, 0.15) is 6.04 Å². The van der Waals surface area contributed by atoms with Gasteiger partial charge < -0.3 is 10.2 Å². The molecule has 4 nitrogen and oxygen atoms in total. The van der Waals surface area contributed by atoms with Crippen LogP contribution in [0.5, 0.6) is 0 Å². The van der Waals surface area contributed by atoms with E-state index >= 15 is 0 Å². The van der Waals surface area contributed by atoms with Crippen LogP contribution in [0, 0.1) is 13.8 Å². The van der Waals surface area contributed by atoms with E-state index in [1.54, 1.807) is 4.90 Å². The minimum Gasteiger partial charge on any atom is -0.354 e. The summed E-state index contributed by atoms with van der Waals surface area (Å²) in [5.74, 6) is -0.0282. The van der Waals surface area contributed by atoms with E-state index in [0.29, 0.717) is 32.4 Å². The van der Waals surface area contributed by atoms with Gasteiger partial charge in [-0.25, -0.2) is 0 Å². The zero-order valence-electron chi connectivity index (χ0n) is 18.9. The molecule has 2 rings (SSSR count). The molecule has 2 aromatic rings. The number of carbonyl (C=O) groups excluding carboxylic acids is 2. The highest BCUT2D eigenvalue weighted by molar-refractivity contribution is 5.87. The van der Waals surface area contributed by atoms with Gasteiger partial charge in [-0.05, 0) is 49.8 Å². The van der Waals surface area contributed by atoms with Gasteiger partial charge in [-0.2, -0.15) is 0 Å². The van der Waals surface area contributed by atoms with Gasteiger partial charge in [0, 0.05) is 19.5 Å². The van der Waals surface area contributed by atoms with Gasteiger partial charge in [-0.1, -0.05) is 74.4 Å². The molecule has 2 aromatic carbocycles. The largest absolute Gasteiger partial charge is 0.354 e. The third-order valence-electron chi connectivity index (χ3n) is 5.57. The van der Waals surface area contributed by atoms with Gasteiger partial charge in [0.05, 0.1) is 0 Å². The number of carbonyl (C=O) groups is 2. The first-order chi connectivity index (χ1) is 14.5. The molecule has 0 aliphatic carbocycles. The predicted octanol–water partition coefficient (Wildman–Crippen LogP) is 4.96. The van der Waals surface area contributed by atoms with Crippen LogP contribution in [0.25, 0.3) is 0 Å². The number of amides is 2. The maximum absolute atomic E-state index is 13.3. The van der Waals surface area contributed by atoms with E-state index in [1.165, 1.54) is 5.56 Å². The lowest BCUT2D eigenvalue weighted by Crippen LogP contribution is -2.49. The Labute approximate surface area is 181 Å². The summed E-state index contributed by atoms with van der Waals surface area (Å²) in [6.45, 7) is 9.29. The first kappa shape index (κ1) is 23.7. The molecule has 0 radical (unpaired) electrons. The van der Waals surface area contributed by atoms with E-state index in [0.717, 1.165) is 29.5 Å². The van der Waals surface area contributed by atoms with Crippen molar-refractivity contribution in [3.63, 3.8) is 0 Å². The molecular weight excluding hydrogens is 372 g/mol. The fraction of sp³-hybridized carbons (Fsp3) is 0.462. The summed E-state index contributed by atoms with van der Waals surface area (Å²) in [5.41, 5.74) is 4.57. The van der Waals surface area contributed by atoms with Crippen LogP contribution in [0.2, 0.25) is 0 Å². The number of nitrogens with zero attached hydrogens (tertiary/aromatic N) is 1. The Bertz CT molecular complexity index is 814. The quantitative estimate of drug-likeness (QED) is 0.534. The normalized spacial score (nSPS) is 11.7. The van der Waals surface area contributed by atoms with Crippen molar-refractivity contribution in [2.45, 2.75) is 72.4 Å². The highest BCUT2D eigenvalue weighted by atomic mass is 16.2. The van der Waals surface area contributed by atoms with Gasteiger partial charge in [0.2, 0.25) is 11.8 Å². The van der Waals surface area contributed by atoms with Crippen LogP contribution in [-0.2, 0) is 22.6 Å². The van der Waals surface area contributed by atoms with E-state index in [2.05, 4.69) is 43.4 Å². The Morgan fingerprint density at radius 2 is 1.70 bits per heavy atom. The van der Waals surface area contributed by atoms with Crippen LogP contribution in [0.3, 0.4) is 0 Å². The third kappa shape index (κ3) is 7.01. The molecule has 0 saturated heterocycles. The van der Waals surface area contributed by atoms with Crippen molar-refractivity contribution in [1.29, 1.82) is 0 Å². The smallest absolute Gasteiger partial charge is 0.242 e. The summed E-state index contributed by atoms with van der Waals surface area (Å²) in [4.78, 5) is 27.9. The summed E-state index contributed by atoms with van der Waals surface area (Å²) < 4.78 is 0. The number of unbranched alkanes of at least 4 members (excludes halogenated alkanes) is 1. The minimum atomic E-state index is -0.452. The van der Waals surface area contributed by atoms with Crippen LogP contribution in [0.15, 0.2) is 48.5 Å². The zero-order valence-corrected chi connectivity index (χ0v) is 18.9. The molecule has 0 aliphatic heterocycles. The van der Waals surface area contributed by atoms with E-state index in [4.69, 9.17) is 0 Å². The van der Waals surface area contributed by atoms with Crippen LogP contribution in [0.4, 0.5) is 0 Å². The molecule has 0 aliphatic rings. The van der Waals surface area contributed by atoms with Gasteiger partial charge in [-0.3, -0.25) is 9.59 Å². The first-order valence-electron chi connectivity index (χ1n) is 11.1. The van der Waals surface area contributed by atoms with Gasteiger partial charge >= 0.3 is 0 Å². The lowest BCUT2D eigenvalue weighted by molar-refractivity contribution is -0.141. The molecule has 4 heteroatoms. The first-order valence-corrected chi connectivity index (χ1v) is 11.1. The molecule has 0 bridgehead atoms. The summed E-state index contributed by atoms with van der Waals surface area (Å²) in [7, 11) is 0. The Hall–Kier alpha value is -2.62. The Morgan fingerprint density at radius 3 is 2.33 bits per heavy atom. The molecule has 0 spiro atoms. The minimum absolute atomic E-state index is 0.0244. The Kier molecular flexibility index (Phi) is 9.59. The van der Waals surface area contributed by atoms with Crippen molar-refractivity contribution < 1.29 is 9.59 Å². The Morgan fingerprint density at radius 1 is 1.00 bits per heavy atom. The van der Waals surface area contributed by atoms with Crippen molar-refractivity contribution in [2.75, 3.05) is 6.54 Å². The fourth-order valence-electron chi connectivity index (χ4n) is 3.55. The molecule has 30 heavy (non-hydrogen) atoms. The number of nitrogens with one attached hydrogen (secondary N) is 1. The average Bonchev–Trinajstić information content (AvgIpc) is 2.74. The van der Waals surface area contributed by atoms with Gasteiger partial charge in [0.15, 0.2) is 0 Å². The van der Waals surface area contributed by atoms with Crippen LogP contribution in [0.1, 0.15) is 61.8 Å². The third-order valence-corrected chi connectivity index (χ3v) is 5.57. The summed E-state index contributed by atoms with van der Waals surface area (Å²) in [6, 6.07) is 15.9. The van der Waals surface area contributed by atoms with Crippen molar-refractivity contribution >= 4 is 11.8 Å². The number of aryl methyl sites for hydroxylation is 3. The number of hydrogen-bond acceptors (Lipinski definition) is 2. The van der Waals surface area contributed by atoms with Gasteiger partial charge in [0.25, 0.3) is 0 Å². The Balaban J connectivity index is 2.17. The topological polar surface area (TPSA) is 49.4 Å². The second-order valence-electron chi connectivity index (χ2n) is 8.00. The SMILES string of the molecule is CCCCNC(=O)C(CC)N(Cc1ccccc1C)C(=O)CCc1ccc(C)cc1. The second kappa shape index (κ2) is 12.2. The number of hydrogen-bond donors (Lipinski definition) is 1. The highest BCUT2D eigenvalue weighted by Gasteiger charge is 2.28. The zero-order chi connectivity index (χ0) is 21.9. The average molecular weight is 409 g/mol. The van der Waals surface area contributed by atoms with Crippen molar-refractivity contribution in [3.8, 4) is 0 Å². The summed E-state index contributed by atoms with van der Waals surface area (Å²) in [5, 5.41) is 3.02. The predicted molar refractivity (Wildman–Crippen MR) is 123 cm³/mol. The standard InChI is InChI=1S/C26H36N2O2/c1-5-7-18-27-26(30)24(6-2)28(19-23-11-9-8-10-21(23)4)25(29)17-16-22-14-12-20(3)13-15-22/h8-15,24H,5-7,16-19H2,1-4H3,(H,27,30). The molecule has 1 N–H and O–H groups in total. The molecule has 0 saturated carbocycles.